The van der Waals surface area contributed by atoms with Crippen molar-refractivity contribution in [2.75, 3.05) is 26.2 Å². The van der Waals surface area contributed by atoms with E-state index < -0.39 is 0 Å². The quantitative estimate of drug-likeness (QED) is 0.727. The Hall–Kier alpha value is -2.93. The third kappa shape index (κ3) is 3.54. The number of hydrogen-bond acceptors (Lipinski definition) is 4. The number of aromatic nitrogens is 3. The summed E-state index contributed by atoms with van der Waals surface area (Å²) in [6.45, 7) is 3.55. The number of piperidine rings is 2. The van der Waals surface area contributed by atoms with Crippen molar-refractivity contribution in [3.63, 3.8) is 0 Å². The maximum atomic E-state index is 12.6. The van der Waals surface area contributed by atoms with Crippen LogP contribution in [0.4, 0.5) is 0 Å². The van der Waals surface area contributed by atoms with Gasteiger partial charge in [0.25, 0.3) is 5.91 Å². The Bertz CT molecular complexity index is 1070. The number of rotatable bonds is 3. The molecule has 1 aromatic carbocycles. The maximum Gasteiger partial charge on any atom is 0.326 e. The molecule has 2 aliphatic heterocycles. The fourth-order valence-corrected chi connectivity index (χ4v) is 5.03. The molecule has 7 heteroatoms. The van der Waals surface area contributed by atoms with E-state index in [1.165, 1.54) is 0 Å². The smallest absolute Gasteiger partial charge is 0.326 e. The van der Waals surface area contributed by atoms with Gasteiger partial charge in [0.2, 0.25) is 0 Å². The molecule has 1 N–H and O–H groups in total. The molecule has 3 aromatic rings. The van der Waals surface area contributed by atoms with Gasteiger partial charge in [-0.3, -0.25) is 14.3 Å². The van der Waals surface area contributed by atoms with Crippen molar-refractivity contribution in [1.82, 2.24) is 24.3 Å². The van der Waals surface area contributed by atoms with Crippen molar-refractivity contribution in [3.05, 3.63) is 64.8 Å². The molecule has 0 bridgehead atoms. The van der Waals surface area contributed by atoms with Gasteiger partial charge in [-0.05, 0) is 49.9 Å². The molecule has 0 radical (unpaired) electrons. The molecule has 4 heterocycles. The van der Waals surface area contributed by atoms with Crippen LogP contribution in [0.5, 0.6) is 0 Å². The number of carbonyl (C=O) groups excluding carboxylic acids is 1. The molecule has 1 amide bonds. The molecule has 2 saturated heterocycles. The first-order chi connectivity index (χ1) is 14.7. The third-order valence-electron chi connectivity index (χ3n) is 6.64. The first kappa shape index (κ1) is 19.1. The Morgan fingerprint density at radius 1 is 0.900 bits per heavy atom. The molecule has 7 nitrogen and oxygen atoms in total. The number of benzene rings is 1. The molecule has 30 heavy (non-hydrogen) atoms. The number of pyridine rings is 1. The third-order valence-corrected chi connectivity index (χ3v) is 6.64. The summed E-state index contributed by atoms with van der Waals surface area (Å²) >= 11 is 0. The molecule has 2 aliphatic rings. The van der Waals surface area contributed by atoms with Gasteiger partial charge in [0.05, 0.1) is 11.0 Å². The molecular formula is C23H27N5O2. The largest absolute Gasteiger partial charge is 0.337 e. The molecule has 156 valence electrons. The number of hydrogen-bond donors (Lipinski definition) is 1. The highest BCUT2D eigenvalue weighted by Crippen LogP contribution is 2.28. The first-order valence-corrected chi connectivity index (χ1v) is 10.8. The number of H-pyrrole nitrogens is 1. The first-order valence-electron chi connectivity index (χ1n) is 10.8. The van der Waals surface area contributed by atoms with E-state index in [4.69, 9.17) is 0 Å². The molecule has 2 aromatic heterocycles. The van der Waals surface area contributed by atoms with Gasteiger partial charge < -0.3 is 14.8 Å². The van der Waals surface area contributed by atoms with Crippen molar-refractivity contribution in [1.29, 1.82) is 0 Å². The van der Waals surface area contributed by atoms with Crippen molar-refractivity contribution < 1.29 is 4.79 Å². The highest BCUT2D eigenvalue weighted by atomic mass is 16.2. The number of nitrogens with zero attached hydrogens (tertiary/aromatic N) is 4. The number of likely N-dealkylation sites (tertiary alicyclic amines) is 2. The molecule has 0 spiro atoms. The van der Waals surface area contributed by atoms with E-state index >= 15 is 0 Å². The van der Waals surface area contributed by atoms with E-state index in [2.05, 4.69) is 14.9 Å². The van der Waals surface area contributed by atoms with Gasteiger partial charge in [0.1, 0.15) is 5.69 Å². The zero-order chi connectivity index (χ0) is 20.5. The highest BCUT2D eigenvalue weighted by molar-refractivity contribution is 5.92. The summed E-state index contributed by atoms with van der Waals surface area (Å²) < 4.78 is 1.95. The summed E-state index contributed by atoms with van der Waals surface area (Å²) in [5.41, 5.74) is 2.44. The van der Waals surface area contributed by atoms with Crippen LogP contribution in [0, 0.1) is 0 Å². The number of imidazole rings is 1. The topological polar surface area (TPSA) is 74.2 Å². The Balaban J connectivity index is 1.18. The van der Waals surface area contributed by atoms with E-state index in [9.17, 15) is 9.59 Å². The van der Waals surface area contributed by atoms with Gasteiger partial charge in [-0.2, -0.15) is 0 Å². The Labute approximate surface area is 175 Å². The van der Waals surface area contributed by atoms with Crippen LogP contribution in [0.3, 0.4) is 0 Å². The lowest BCUT2D eigenvalue weighted by Gasteiger charge is -2.41. The Kier molecular flexibility index (Phi) is 5.12. The van der Waals surface area contributed by atoms with Crippen LogP contribution in [0.15, 0.2) is 53.5 Å². The van der Waals surface area contributed by atoms with E-state index in [0.29, 0.717) is 11.7 Å². The van der Waals surface area contributed by atoms with Gasteiger partial charge in [-0.15, -0.1) is 0 Å². The van der Waals surface area contributed by atoms with Gasteiger partial charge in [0, 0.05) is 44.5 Å². The second-order valence-electron chi connectivity index (χ2n) is 8.32. The van der Waals surface area contributed by atoms with Crippen molar-refractivity contribution in [2.24, 2.45) is 0 Å². The van der Waals surface area contributed by atoms with Crippen LogP contribution in [-0.4, -0.2) is 62.5 Å². The number of aromatic amines is 1. The molecule has 2 fully saturated rings. The van der Waals surface area contributed by atoms with Crippen LogP contribution in [0.1, 0.15) is 42.2 Å². The van der Waals surface area contributed by atoms with Crippen LogP contribution < -0.4 is 5.69 Å². The summed E-state index contributed by atoms with van der Waals surface area (Å²) in [7, 11) is 0. The Morgan fingerprint density at radius 3 is 2.33 bits per heavy atom. The lowest BCUT2D eigenvalue weighted by Crippen LogP contribution is -2.49. The van der Waals surface area contributed by atoms with Crippen molar-refractivity contribution in [2.45, 2.75) is 37.8 Å². The fraction of sp³-hybridized carbons (Fsp3) is 0.435. The number of amides is 1. The molecular weight excluding hydrogens is 378 g/mol. The molecule has 0 unspecified atom stereocenters. The second-order valence-corrected chi connectivity index (χ2v) is 8.32. The zero-order valence-corrected chi connectivity index (χ0v) is 17.0. The van der Waals surface area contributed by atoms with Crippen molar-refractivity contribution in [3.8, 4) is 0 Å². The normalized spacial score (nSPS) is 19.4. The fourth-order valence-electron chi connectivity index (χ4n) is 5.03. The lowest BCUT2D eigenvalue weighted by molar-refractivity contribution is 0.0553. The van der Waals surface area contributed by atoms with E-state index in [1.807, 2.05) is 45.9 Å². The van der Waals surface area contributed by atoms with Gasteiger partial charge in [-0.25, -0.2) is 4.79 Å². The number of para-hydroxylation sites is 2. The van der Waals surface area contributed by atoms with Gasteiger partial charge in [0.15, 0.2) is 0 Å². The predicted molar refractivity (Wildman–Crippen MR) is 116 cm³/mol. The van der Waals surface area contributed by atoms with E-state index in [0.717, 1.165) is 62.9 Å². The van der Waals surface area contributed by atoms with E-state index in [-0.39, 0.29) is 17.6 Å². The minimum absolute atomic E-state index is 0.00371. The minimum atomic E-state index is -0.00371. The van der Waals surface area contributed by atoms with E-state index in [1.54, 1.807) is 12.3 Å². The lowest BCUT2D eigenvalue weighted by atomic mass is 9.97. The number of nitrogens with one attached hydrogen (secondary N) is 1. The summed E-state index contributed by atoms with van der Waals surface area (Å²) in [6.07, 6.45) is 5.62. The monoisotopic (exact) mass is 405 g/mol. The number of fused-ring (bicyclic) bond motifs is 1. The molecule has 0 atom stereocenters. The highest BCUT2D eigenvalue weighted by Gasteiger charge is 2.31. The number of carbonyl (C=O) groups is 1. The summed E-state index contributed by atoms with van der Waals surface area (Å²) in [6, 6.07) is 14.2. The molecule has 0 saturated carbocycles. The maximum absolute atomic E-state index is 12.6. The summed E-state index contributed by atoms with van der Waals surface area (Å²) in [5, 5.41) is 0. The average Bonchev–Trinajstić information content (AvgIpc) is 3.15. The zero-order valence-electron chi connectivity index (χ0n) is 17.0. The van der Waals surface area contributed by atoms with Crippen LogP contribution in [0.2, 0.25) is 0 Å². The Morgan fingerprint density at radius 2 is 1.60 bits per heavy atom. The summed E-state index contributed by atoms with van der Waals surface area (Å²) in [4.78, 5) is 36.8. The summed E-state index contributed by atoms with van der Waals surface area (Å²) in [5.74, 6) is 0.0338. The average molecular weight is 406 g/mol. The van der Waals surface area contributed by atoms with Crippen LogP contribution >= 0.6 is 0 Å². The standard InChI is InChI=1S/C23H27N5O2/c29-22(20-6-3-4-12-24-20)27-15-8-17(9-16-27)26-13-10-18(11-14-26)28-21-7-2-1-5-19(21)25-23(28)30/h1-7,12,17-18H,8-11,13-16H2,(H,25,30). The molecule has 0 aliphatic carbocycles. The second kappa shape index (κ2) is 8.07. The van der Waals surface area contributed by atoms with Gasteiger partial charge in [-0.1, -0.05) is 18.2 Å². The predicted octanol–water partition coefficient (Wildman–Crippen LogP) is 2.67. The minimum Gasteiger partial charge on any atom is -0.337 e. The SMILES string of the molecule is O=C(c1ccccn1)N1CCC(N2CCC(n3c(=O)[nH]c4ccccc43)CC2)CC1. The molecule has 5 rings (SSSR count). The van der Waals surface area contributed by atoms with Crippen LogP contribution in [-0.2, 0) is 0 Å². The van der Waals surface area contributed by atoms with Crippen LogP contribution in [0.25, 0.3) is 11.0 Å². The van der Waals surface area contributed by atoms with Crippen molar-refractivity contribution >= 4 is 16.9 Å². The van der Waals surface area contributed by atoms with Gasteiger partial charge >= 0.3 is 5.69 Å².